The van der Waals surface area contributed by atoms with Crippen LogP contribution in [-0.2, 0) is 17.6 Å². The van der Waals surface area contributed by atoms with E-state index in [-0.39, 0.29) is 23.9 Å². The third-order valence-corrected chi connectivity index (χ3v) is 7.21. The van der Waals surface area contributed by atoms with Crippen LogP contribution in [0.25, 0.3) is 0 Å². The normalized spacial score (nSPS) is 18.5. The van der Waals surface area contributed by atoms with E-state index in [1.807, 2.05) is 30.3 Å². The van der Waals surface area contributed by atoms with Crippen molar-refractivity contribution >= 4 is 17.6 Å². The molecule has 6 heteroatoms. The highest BCUT2D eigenvalue weighted by Gasteiger charge is 2.37. The molecule has 5 nitrogen and oxygen atoms in total. The molecule has 0 saturated carbocycles. The van der Waals surface area contributed by atoms with Crippen molar-refractivity contribution in [3.8, 4) is 17.2 Å². The van der Waals surface area contributed by atoms with Gasteiger partial charge in [0.1, 0.15) is 28.2 Å². The Morgan fingerprint density at radius 1 is 1.18 bits per heavy atom. The van der Waals surface area contributed by atoms with Gasteiger partial charge in [0.15, 0.2) is 0 Å². The monoisotopic (exact) mass is 488 g/mol. The number of alkyl halides is 1. The molecule has 0 saturated heterocycles. The van der Waals surface area contributed by atoms with Crippen LogP contribution in [0, 0.1) is 0 Å². The second-order valence-electron chi connectivity index (χ2n) is 9.91. The van der Waals surface area contributed by atoms with E-state index < -0.39 is 11.3 Å². The van der Waals surface area contributed by atoms with Crippen LogP contribution < -0.4 is 9.47 Å². The minimum atomic E-state index is -1.02. The van der Waals surface area contributed by atoms with Crippen LogP contribution in [0.5, 0.6) is 17.2 Å². The summed E-state index contributed by atoms with van der Waals surface area (Å²) in [5.74, 6) is 1.48. The molecule has 0 fully saturated rings. The lowest BCUT2D eigenvalue weighted by atomic mass is 9.81. The molecule has 1 heterocycles. The first-order chi connectivity index (χ1) is 16.1. The fraction of sp³-hybridized carbons (Fsp3) is 0.536. The number of aliphatic carboxylic acids is 1. The Morgan fingerprint density at radius 3 is 2.41 bits per heavy atom. The van der Waals surface area contributed by atoms with E-state index in [1.165, 1.54) is 0 Å². The molecule has 34 heavy (non-hydrogen) atoms. The smallest absolute Gasteiger partial charge is 0.321 e. The summed E-state index contributed by atoms with van der Waals surface area (Å²) in [5, 5.41) is 19.0. The number of aromatic hydroxyl groups is 1. The van der Waals surface area contributed by atoms with Crippen molar-refractivity contribution in [3.05, 3.63) is 52.6 Å². The van der Waals surface area contributed by atoms with Crippen molar-refractivity contribution in [1.82, 2.24) is 0 Å². The zero-order valence-corrected chi connectivity index (χ0v) is 21.6. The topological polar surface area (TPSA) is 76.0 Å². The number of fused-ring (bicyclic) bond motifs is 1. The number of halogens is 1. The molecule has 2 unspecified atom stereocenters. The molecule has 2 atom stereocenters. The number of phenolic OH excluding ortho intramolecular Hbond substituents is 1. The average Bonchev–Trinajstić information content (AvgIpc) is 2.79. The number of carbonyl (C=O) groups is 1. The van der Waals surface area contributed by atoms with E-state index in [1.54, 1.807) is 0 Å². The third-order valence-electron chi connectivity index (χ3n) is 6.87. The molecular formula is C28H37ClO5. The SMILES string of the molecule is CCC1(CCOc2ccc(CC(Cl)C(=O)O)cc2)CCc2c(cc(C(C)C)c(O)c2C(C)C)O1. The van der Waals surface area contributed by atoms with E-state index >= 15 is 0 Å². The van der Waals surface area contributed by atoms with Gasteiger partial charge in [0.25, 0.3) is 0 Å². The van der Waals surface area contributed by atoms with E-state index in [4.69, 9.17) is 26.2 Å². The van der Waals surface area contributed by atoms with Gasteiger partial charge in [-0.1, -0.05) is 46.8 Å². The highest BCUT2D eigenvalue weighted by Crippen LogP contribution is 2.46. The van der Waals surface area contributed by atoms with Crippen LogP contribution in [0.4, 0.5) is 0 Å². The van der Waals surface area contributed by atoms with Gasteiger partial charge in [0, 0.05) is 23.1 Å². The number of carboxylic acid groups (broad SMARTS) is 1. The van der Waals surface area contributed by atoms with E-state index in [2.05, 4.69) is 34.6 Å². The summed E-state index contributed by atoms with van der Waals surface area (Å²) in [7, 11) is 0. The van der Waals surface area contributed by atoms with Gasteiger partial charge in [-0.05, 0) is 61.3 Å². The molecule has 0 aliphatic carbocycles. The maximum atomic E-state index is 10.9. The summed E-state index contributed by atoms with van der Waals surface area (Å²) in [4.78, 5) is 10.9. The van der Waals surface area contributed by atoms with Crippen molar-refractivity contribution in [1.29, 1.82) is 0 Å². The maximum Gasteiger partial charge on any atom is 0.321 e. The van der Waals surface area contributed by atoms with Crippen molar-refractivity contribution in [2.75, 3.05) is 6.61 Å². The fourth-order valence-electron chi connectivity index (χ4n) is 4.75. The van der Waals surface area contributed by atoms with Gasteiger partial charge in [0.2, 0.25) is 0 Å². The second-order valence-corrected chi connectivity index (χ2v) is 10.4. The van der Waals surface area contributed by atoms with Gasteiger partial charge in [-0.2, -0.15) is 0 Å². The number of ether oxygens (including phenoxy) is 2. The first-order valence-electron chi connectivity index (χ1n) is 12.2. The summed E-state index contributed by atoms with van der Waals surface area (Å²) < 4.78 is 12.7. The number of carboxylic acids is 1. The Kier molecular flexibility index (Phi) is 8.40. The van der Waals surface area contributed by atoms with Crippen LogP contribution in [-0.4, -0.2) is 33.8 Å². The maximum absolute atomic E-state index is 10.9. The van der Waals surface area contributed by atoms with Gasteiger partial charge < -0.3 is 19.7 Å². The van der Waals surface area contributed by atoms with Gasteiger partial charge >= 0.3 is 5.97 Å². The Hall–Kier alpha value is -2.40. The molecule has 0 bridgehead atoms. The Balaban J connectivity index is 1.70. The standard InChI is InChI=1S/C28H37ClO5/c1-6-28(13-14-33-20-9-7-19(8-10-20)15-23(29)27(31)32)12-11-21-24(34-28)16-22(17(2)3)26(30)25(21)18(4)5/h7-10,16-18,23,30H,6,11-15H2,1-5H3,(H,31,32). The molecule has 0 spiro atoms. The lowest BCUT2D eigenvalue weighted by Gasteiger charge is -2.40. The quantitative estimate of drug-likeness (QED) is 0.359. The van der Waals surface area contributed by atoms with Crippen molar-refractivity contribution in [3.63, 3.8) is 0 Å². The molecule has 3 rings (SSSR count). The Morgan fingerprint density at radius 2 is 1.85 bits per heavy atom. The Labute approximate surface area is 208 Å². The molecule has 2 N–H and O–H groups in total. The van der Waals surface area contributed by atoms with Crippen LogP contribution >= 0.6 is 11.6 Å². The minimum Gasteiger partial charge on any atom is -0.507 e. The molecule has 0 amide bonds. The van der Waals surface area contributed by atoms with Gasteiger partial charge in [-0.3, -0.25) is 4.79 Å². The van der Waals surface area contributed by atoms with E-state index in [9.17, 15) is 9.90 Å². The summed E-state index contributed by atoms with van der Waals surface area (Å²) in [5.41, 5.74) is 3.64. The zero-order chi connectivity index (χ0) is 25.0. The number of hydrogen-bond acceptors (Lipinski definition) is 4. The predicted molar refractivity (Wildman–Crippen MR) is 136 cm³/mol. The lowest BCUT2D eigenvalue weighted by Crippen LogP contribution is -2.40. The summed E-state index contributed by atoms with van der Waals surface area (Å²) in [6.45, 7) is 11.1. The van der Waals surface area contributed by atoms with Gasteiger partial charge in [0.05, 0.1) is 6.61 Å². The minimum absolute atomic E-state index is 0.209. The molecule has 2 aromatic carbocycles. The summed E-state index contributed by atoms with van der Waals surface area (Å²) in [6, 6.07) is 9.44. The van der Waals surface area contributed by atoms with Crippen molar-refractivity contribution in [2.45, 2.75) is 89.5 Å². The lowest BCUT2D eigenvalue weighted by molar-refractivity contribution is -0.136. The number of phenols is 1. The molecule has 2 aromatic rings. The molecule has 1 aliphatic heterocycles. The van der Waals surface area contributed by atoms with Crippen LogP contribution in [0.15, 0.2) is 30.3 Å². The largest absolute Gasteiger partial charge is 0.507 e. The predicted octanol–water partition coefficient (Wildman–Crippen LogP) is 6.82. The average molecular weight is 489 g/mol. The Bertz CT molecular complexity index is 999. The van der Waals surface area contributed by atoms with Crippen molar-refractivity contribution in [2.24, 2.45) is 0 Å². The third kappa shape index (κ3) is 5.80. The first-order valence-corrected chi connectivity index (χ1v) is 12.7. The van der Waals surface area contributed by atoms with Gasteiger partial charge in [-0.15, -0.1) is 11.6 Å². The van der Waals surface area contributed by atoms with E-state index in [0.717, 1.165) is 59.4 Å². The summed E-state index contributed by atoms with van der Waals surface area (Å²) in [6.07, 6.45) is 3.65. The number of hydrogen-bond donors (Lipinski definition) is 2. The first kappa shape index (κ1) is 26.2. The number of benzene rings is 2. The van der Waals surface area contributed by atoms with Gasteiger partial charge in [-0.25, -0.2) is 0 Å². The highest BCUT2D eigenvalue weighted by atomic mass is 35.5. The zero-order valence-electron chi connectivity index (χ0n) is 20.9. The fourth-order valence-corrected chi connectivity index (χ4v) is 4.93. The molecular weight excluding hydrogens is 452 g/mol. The highest BCUT2D eigenvalue weighted by molar-refractivity contribution is 6.29. The molecule has 0 radical (unpaired) electrons. The molecule has 186 valence electrons. The van der Waals surface area contributed by atoms with Crippen LogP contribution in [0.2, 0.25) is 0 Å². The van der Waals surface area contributed by atoms with Crippen molar-refractivity contribution < 1.29 is 24.5 Å². The van der Waals surface area contributed by atoms with E-state index in [0.29, 0.717) is 12.4 Å². The second kappa shape index (κ2) is 10.9. The van der Waals surface area contributed by atoms with Crippen LogP contribution in [0.3, 0.4) is 0 Å². The number of rotatable bonds is 10. The molecule has 1 aliphatic rings. The van der Waals surface area contributed by atoms with Crippen LogP contribution in [0.1, 0.15) is 88.0 Å². The summed E-state index contributed by atoms with van der Waals surface area (Å²) >= 11 is 5.83. The molecule has 0 aromatic heterocycles.